The van der Waals surface area contributed by atoms with Gasteiger partial charge in [0.2, 0.25) is 0 Å². The number of carbonyl (C=O) groups is 1. The van der Waals surface area contributed by atoms with Crippen molar-refractivity contribution in [1.82, 2.24) is 0 Å². The van der Waals surface area contributed by atoms with Gasteiger partial charge in [-0.2, -0.15) is 0 Å². The molecule has 9 heteroatoms. The van der Waals surface area contributed by atoms with E-state index in [2.05, 4.69) is 62.5 Å². The Kier molecular flexibility index (Phi) is 45.8. The maximum Gasteiger partial charge on any atom is 0.472 e. The summed E-state index contributed by atoms with van der Waals surface area (Å²) in [6.07, 6.45) is 58.9. The first-order valence-corrected chi connectivity index (χ1v) is 27.9. The standard InChI is InChI=1S/C54H102NO7P/c1-6-8-10-12-14-16-18-20-22-23-24-25-26-27-28-29-30-31-32-34-36-38-40-42-44-46-49-59-51-53(52-61-63(57,58)60-50-48-55(3,4)5)62-54(56)47-45-43-41-39-37-35-33-21-19-17-15-13-11-9-7-2/h9,11,15,17,21,23-24,33,53H,6-8,10,12-14,16,18-20,22,25-32,34-52H2,1-5H3/p+1/b11-9-,17-15-,24-23-,33-21-. The van der Waals surface area contributed by atoms with Crippen LogP contribution in [0.25, 0.3) is 0 Å². The van der Waals surface area contributed by atoms with E-state index in [0.717, 1.165) is 70.6 Å². The highest BCUT2D eigenvalue weighted by Crippen LogP contribution is 2.43. The lowest BCUT2D eigenvalue weighted by Gasteiger charge is -2.24. The van der Waals surface area contributed by atoms with E-state index in [9.17, 15) is 14.3 Å². The molecule has 0 radical (unpaired) electrons. The molecule has 0 saturated heterocycles. The monoisotopic (exact) mass is 909 g/mol. The number of allylic oxidation sites excluding steroid dienone is 8. The molecule has 0 aromatic carbocycles. The van der Waals surface area contributed by atoms with Gasteiger partial charge in [0.15, 0.2) is 0 Å². The van der Waals surface area contributed by atoms with Gasteiger partial charge in [0.05, 0.1) is 34.4 Å². The fourth-order valence-corrected chi connectivity index (χ4v) is 8.07. The van der Waals surface area contributed by atoms with Crippen LogP contribution < -0.4 is 0 Å². The van der Waals surface area contributed by atoms with Gasteiger partial charge in [0.1, 0.15) is 19.3 Å². The van der Waals surface area contributed by atoms with Crippen LogP contribution in [-0.4, -0.2) is 75.6 Å². The summed E-state index contributed by atoms with van der Waals surface area (Å²) >= 11 is 0. The number of hydrogen-bond donors (Lipinski definition) is 1. The van der Waals surface area contributed by atoms with Crippen molar-refractivity contribution in [3.05, 3.63) is 48.6 Å². The lowest BCUT2D eigenvalue weighted by molar-refractivity contribution is -0.870. The van der Waals surface area contributed by atoms with Crippen molar-refractivity contribution >= 4 is 13.8 Å². The summed E-state index contributed by atoms with van der Waals surface area (Å²) in [4.78, 5) is 23.0. The summed E-state index contributed by atoms with van der Waals surface area (Å²) in [6, 6.07) is 0. The van der Waals surface area contributed by atoms with Gasteiger partial charge in [0, 0.05) is 13.0 Å². The van der Waals surface area contributed by atoms with Crippen LogP contribution in [0.4, 0.5) is 0 Å². The lowest BCUT2D eigenvalue weighted by atomic mass is 10.0. The van der Waals surface area contributed by atoms with Gasteiger partial charge >= 0.3 is 13.8 Å². The van der Waals surface area contributed by atoms with E-state index in [4.69, 9.17) is 18.5 Å². The Morgan fingerprint density at radius 1 is 0.508 bits per heavy atom. The largest absolute Gasteiger partial charge is 0.472 e. The second-order valence-corrected chi connectivity index (χ2v) is 20.3. The molecule has 0 spiro atoms. The van der Waals surface area contributed by atoms with Crippen LogP contribution in [0, 0.1) is 0 Å². The van der Waals surface area contributed by atoms with Gasteiger partial charge in [-0.25, -0.2) is 4.57 Å². The van der Waals surface area contributed by atoms with Crippen molar-refractivity contribution in [3.8, 4) is 0 Å². The fourth-order valence-electron chi connectivity index (χ4n) is 7.33. The molecule has 0 aliphatic carbocycles. The minimum atomic E-state index is -4.28. The summed E-state index contributed by atoms with van der Waals surface area (Å²) in [7, 11) is 1.66. The van der Waals surface area contributed by atoms with Gasteiger partial charge in [-0.15, -0.1) is 0 Å². The number of phosphoric ester groups is 1. The van der Waals surface area contributed by atoms with Crippen LogP contribution >= 0.6 is 7.82 Å². The normalized spacial score (nSPS) is 13.9. The first-order chi connectivity index (χ1) is 30.6. The summed E-state index contributed by atoms with van der Waals surface area (Å²) in [6.45, 7) is 5.51. The lowest BCUT2D eigenvalue weighted by Crippen LogP contribution is -2.37. The number of phosphoric acid groups is 1. The number of likely N-dealkylation sites (N-methyl/N-ethyl adjacent to an activating group) is 1. The van der Waals surface area contributed by atoms with E-state index < -0.39 is 13.9 Å². The van der Waals surface area contributed by atoms with Crippen LogP contribution in [0.1, 0.15) is 232 Å². The minimum absolute atomic E-state index is 0.0844. The van der Waals surface area contributed by atoms with Crippen LogP contribution in [0.3, 0.4) is 0 Å². The van der Waals surface area contributed by atoms with Gasteiger partial charge in [0.25, 0.3) is 0 Å². The molecule has 0 fully saturated rings. The van der Waals surface area contributed by atoms with E-state index >= 15 is 0 Å². The van der Waals surface area contributed by atoms with E-state index in [-0.39, 0.29) is 25.8 Å². The molecule has 0 rings (SSSR count). The van der Waals surface area contributed by atoms with Crippen LogP contribution in [0.2, 0.25) is 0 Å². The van der Waals surface area contributed by atoms with Gasteiger partial charge in [-0.1, -0.05) is 204 Å². The number of quaternary nitrogens is 1. The molecule has 370 valence electrons. The third kappa shape index (κ3) is 51.3. The van der Waals surface area contributed by atoms with Crippen molar-refractivity contribution in [2.75, 3.05) is 54.1 Å². The zero-order valence-corrected chi connectivity index (χ0v) is 43.0. The molecule has 0 bridgehead atoms. The van der Waals surface area contributed by atoms with Crippen molar-refractivity contribution in [1.29, 1.82) is 0 Å². The van der Waals surface area contributed by atoms with Crippen LogP contribution in [-0.2, 0) is 27.9 Å². The van der Waals surface area contributed by atoms with Crippen LogP contribution in [0.15, 0.2) is 48.6 Å². The van der Waals surface area contributed by atoms with E-state index in [1.165, 1.54) is 141 Å². The Hall–Kier alpha value is -1.54. The first kappa shape index (κ1) is 61.5. The summed E-state index contributed by atoms with van der Waals surface area (Å²) in [5.74, 6) is -0.329. The predicted molar refractivity (Wildman–Crippen MR) is 270 cm³/mol. The minimum Gasteiger partial charge on any atom is -0.457 e. The Morgan fingerprint density at radius 2 is 0.921 bits per heavy atom. The zero-order valence-electron chi connectivity index (χ0n) is 42.1. The maximum absolute atomic E-state index is 12.7. The van der Waals surface area contributed by atoms with Crippen molar-refractivity contribution in [3.63, 3.8) is 0 Å². The molecule has 63 heavy (non-hydrogen) atoms. The Bertz CT molecular complexity index is 1150. The molecule has 0 aromatic rings. The molecule has 0 aromatic heterocycles. The average Bonchev–Trinajstić information content (AvgIpc) is 3.24. The van der Waals surface area contributed by atoms with Crippen molar-refractivity contribution in [2.24, 2.45) is 0 Å². The summed E-state index contributed by atoms with van der Waals surface area (Å²) in [5.41, 5.74) is 0. The van der Waals surface area contributed by atoms with Crippen LogP contribution in [0.5, 0.6) is 0 Å². The molecule has 2 atom stereocenters. The highest BCUT2D eigenvalue weighted by atomic mass is 31.2. The number of carbonyl (C=O) groups excluding carboxylic acids is 1. The highest BCUT2D eigenvalue weighted by molar-refractivity contribution is 7.47. The van der Waals surface area contributed by atoms with Gasteiger partial charge < -0.3 is 18.9 Å². The Morgan fingerprint density at radius 3 is 1.40 bits per heavy atom. The number of ether oxygens (including phenoxy) is 2. The topological polar surface area (TPSA) is 91.3 Å². The smallest absolute Gasteiger partial charge is 0.457 e. The average molecular weight is 909 g/mol. The predicted octanol–water partition coefficient (Wildman–Crippen LogP) is 16.3. The summed E-state index contributed by atoms with van der Waals surface area (Å²) < 4.78 is 35.1. The molecule has 0 amide bonds. The molecule has 8 nitrogen and oxygen atoms in total. The Labute approximate surface area is 390 Å². The number of unbranched alkanes of at least 4 members (excludes halogenated alkanes) is 27. The molecule has 0 heterocycles. The second kappa shape index (κ2) is 47.0. The molecule has 0 aliphatic rings. The van der Waals surface area contributed by atoms with E-state index in [1.807, 2.05) is 21.1 Å². The SMILES string of the molecule is CC/C=C\C/C=C\C/C=C\CCCCCCCC(=O)OC(COCCCCCCCCCCCCCCCC/C=C\CCCCCCCCCC)COP(=O)(O)OCC[N+](C)(C)C. The Balaban J connectivity index is 4.05. The molecular weight excluding hydrogens is 806 g/mol. The second-order valence-electron chi connectivity index (χ2n) is 18.9. The molecule has 0 aliphatic heterocycles. The number of rotatable bonds is 49. The highest BCUT2D eigenvalue weighted by Gasteiger charge is 2.26. The summed E-state index contributed by atoms with van der Waals surface area (Å²) in [5, 5.41) is 0. The van der Waals surface area contributed by atoms with Gasteiger partial charge in [-0.3, -0.25) is 13.8 Å². The number of esters is 1. The third-order valence-electron chi connectivity index (χ3n) is 11.4. The zero-order chi connectivity index (χ0) is 46.2. The number of hydrogen-bond acceptors (Lipinski definition) is 6. The molecular formula is C54H103NO7P+. The molecule has 2 unspecified atom stereocenters. The maximum atomic E-state index is 12.7. The van der Waals surface area contributed by atoms with E-state index in [0.29, 0.717) is 24.1 Å². The number of nitrogens with zero attached hydrogens (tertiary/aromatic N) is 1. The van der Waals surface area contributed by atoms with Gasteiger partial charge in [-0.05, 0) is 70.6 Å². The quantitative estimate of drug-likeness (QED) is 0.0214. The third-order valence-corrected chi connectivity index (χ3v) is 12.4. The van der Waals surface area contributed by atoms with Crippen molar-refractivity contribution in [2.45, 2.75) is 238 Å². The molecule has 0 saturated carbocycles. The van der Waals surface area contributed by atoms with Crippen molar-refractivity contribution < 1.29 is 37.3 Å². The first-order valence-electron chi connectivity index (χ1n) is 26.4. The fraction of sp³-hybridized carbons (Fsp3) is 0.833. The molecule has 1 N–H and O–H groups in total. The van der Waals surface area contributed by atoms with E-state index in [1.54, 1.807) is 0 Å².